The Bertz CT molecular complexity index is 2140. The maximum absolute atomic E-state index is 14.0. The highest BCUT2D eigenvalue weighted by atomic mass is 32.2. The van der Waals surface area contributed by atoms with Crippen molar-refractivity contribution in [1.82, 2.24) is 24.1 Å². The van der Waals surface area contributed by atoms with Gasteiger partial charge in [-0.25, -0.2) is 26.8 Å². The van der Waals surface area contributed by atoms with Crippen molar-refractivity contribution in [2.75, 3.05) is 18.8 Å². The fourth-order valence-corrected chi connectivity index (χ4v) is 8.00. The summed E-state index contributed by atoms with van der Waals surface area (Å²) in [6, 6.07) is 12.2. The van der Waals surface area contributed by atoms with Crippen LogP contribution in [0.25, 0.3) is 16.6 Å². The monoisotopic (exact) mass is 680 g/mol. The minimum absolute atomic E-state index is 0.0169. The number of pyridine rings is 1. The second-order valence-electron chi connectivity index (χ2n) is 12.0. The summed E-state index contributed by atoms with van der Waals surface area (Å²) >= 11 is 0. The largest absolute Gasteiger partial charge is 0.436 e. The zero-order valence-electron chi connectivity index (χ0n) is 25.7. The number of hydrogen-bond acceptors (Lipinski definition) is 8. The average molecular weight is 681 g/mol. The molecule has 0 radical (unpaired) electrons. The first-order valence-corrected chi connectivity index (χ1v) is 16.9. The molecule has 0 spiro atoms. The number of nitrogens with two attached hydrogens (primary N) is 1. The molecule has 5 aromatic rings. The van der Waals surface area contributed by atoms with Crippen molar-refractivity contribution in [1.29, 1.82) is 0 Å². The molecule has 0 amide bonds. The van der Waals surface area contributed by atoms with Crippen LogP contribution in [0.2, 0.25) is 0 Å². The minimum Gasteiger partial charge on any atom is -0.436 e. The second-order valence-corrected chi connectivity index (χ2v) is 14.2. The Labute approximate surface area is 273 Å². The molecule has 0 unspecified atom stereocenters. The number of hydrogen-bond donors (Lipinski definition) is 2. The van der Waals surface area contributed by atoms with Crippen molar-refractivity contribution < 1.29 is 35.9 Å². The number of ether oxygens (including phenoxy) is 2. The Morgan fingerprint density at radius 2 is 1.79 bits per heavy atom. The molecule has 4 heterocycles. The number of ketones is 1. The van der Waals surface area contributed by atoms with E-state index in [9.17, 15) is 26.4 Å². The van der Waals surface area contributed by atoms with Gasteiger partial charge in [-0.1, -0.05) is 12.1 Å². The number of aromatic nitrogens is 4. The van der Waals surface area contributed by atoms with Crippen LogP contribution in [0, 0.1) is 12.7 Å². The van der Waals surface area contributed by atoms with E-state index in [1.165, 1.54) is 45.6 Å². The summed E-state index contributed by atoms with van der Waals surface area (Å²) in [5.74, 6) is -1.02. The molecular weight excluding hydrogens is 649 g/mol. The number of para-hydroxylation sites is 1. The van der Waals surface area contributed by atoms with Crippen LogP contribution >= 0.6 is 0 Å². The molecule has 11 nitrogen and oxygen atoms in total. The van der Waals surface area contributed by atoms with Crippen molar-refractivity contribution >= 4 is 32.5 Å². The molecule has 2 aromatic carbocycles. The van der Waals surface area contributed by atoms with Crippen LogP contribution in [0.1, 0.15) is 58.8 Å². The molecule has 0 bridgehead atoms. The predicted octanol–water partition coefficient (Wildman–Crippen LogP) is 6.07. The summed E-state index contributed by atoms with van der Waals surface area (Å²) in [5, 5.41) is 4.46. The maximum atomic E-state index is 14.0. The number of piperidine rings is 1. The van der Waals surface area contributed by atoms with Gasteiger partial charge in [0.15, 0.2) is 11.6 Å². The standard InChI is InChI=1S/C33H31F3N6O5S/c1-18-12-30(46-28-5-3-2-4-24(28)34)38-17-27(18)42-32(37)23(16-39-42)31(43)26-13-20-14-29(47-33(35)36)22(15-25(20)40-26)19-8-10-41(11-9-19)48(44,45)21-6-7-21/h2-5,12-17,19,21,33,40H,6-11,37H2,1H3. The van der Waals surface area contributed by atoms with Crippen LogP contribution in [-0.2, 0) is 10.0 Å². The van der Waals surface area contributed by atoms with Crippen molar-refractivity contribution in [2.45, 2.75) is 50.4 Å². The molecule has 3 N–H and O–H groups in total. The molecule has 2 fully saturated rings. The highest BCUT2D eigenvalue weighted by Gasteiger charge is 2.41. The van der Waals surface area contributed by atoms with E-state index in [0.717, 1.165) is 0 Å². The van der Waals surface area contributed by atoms with E-state index in [2.05, 4.69) is 15.1 Å². The zero-order valence-corrected chi connectivity index (χ0v) is 26.5. The summed E-state index contributed by atoms with van der Waals surface area (Å²) in [6.07, 6.45) is 5.01. The Balaban J connectivity index is 1.13. The molecular formula is C33H31F3N6O5S. The van der Waals surface area contributed by atoms with Crippen LogP contribution in [0.15, 0.2) is 60.9 Å². The van der Waals surface area contributed by atoms with Gasteiger partial charge in [0.1, 0.15) is 11.6 Å². The van der Waals surface area contributed by atoms with Gasteiger partial charge < -0.3 is 20.2 Å². The van der Waals surface area contributed by atoms with E-state index < -0.39 is 28.2 Å². The molecule has 3 aromatic heterocycles. The van der Waals surface area contributed by atoms with Gasteiger partial charge in [0.05, 0.1) is 34.6 Å². The third kappa shape index (κ3) is 5.99. The lowest BCUT2D eigenvalue weighted by Crippen LogP contribution is -2.39. The molecule has 250 valence electrons. The topological polar surface area (TPSA) is 145 Å². The van der Waals surface area contributed by atoms with Gasteiger partial charge in [-0.3, -0.25) is 4.79 Å². The third-order valence-corrected chi connectivity index (χ3v) is 11.2. The lowest BCUT2D eigenvalue weighted by Gasteiger charge is -2.32. The lowest BCUT2D eigenvalue weighted by atomic mass is 9.89. The van der Waals surface area contributed by atoms with Gasteiger partial charge in [0, 0.05) is 30.1 Å². The highest BCUT2D eigenvalue weighted by Crippen LogP contribution is 2.40. The number of halogens is 3. The summed E-state index contributed by atoms with van der Waals surface area (Å²) in [4.78, 5) is 21.0. The summed E-state index contributed by atoms with van der Waals surface area (Å²) < 4.78 is 79.7. The zero-order chi connectivity index (χ0) is 33.7. The van der Waals surface area contributed by atoms with E-state index >= 15 is 0 Å². The number of nitrogens with zero attached hydrogens (tertiary/aromatic N) is 4. The third-order valence-electron chi connectivity index (χ3n) is 8.80. The van der Waals surface area contributed by atoms with E-state index in [4.69, 9.17) is 15.2 Å². The summed E-state index contributed by atoms with van der Waals surface area (Å²) in [5.41, 5.74) is 8.81. The molecule has 0 atom stereocenters. The SMILES string of the molecule is Cc1cc(Oc2ccccc2F)ncc1-n1ncc(C(=O)c2cc3cc(OC(F)F)c(C4CCN(S(=O)(=O)C5CC5)CC4)cc3[nH]2)c1N. The number of aromatic amines is 1. The number of H-pyrrole nitrogens is 1. The fraction of sp³-hybridized carbons (Fsp3) is 0.303. The lowest BCUT2D eigenvalue weighted by molar-refractivity contribution is -0.0506. The van der Waals surface area contributed by atoms with Gasteiger partial charge in [0.2, 0.25) is 21.7 Å². The number of nitrogens with one attached hydrogen (secondary N) is 1. The number of anilines is 1. The highest BCUT2D eigenvalue weighted by molar-refractivity contribution is 7.90. The molecule has 1 aliphatic heterocycles. The molecule has 1 saturated heterocycles. The minimum atomic E-state index is -3.33. The first kappa shape index (κ1) is 31.7. The van der Waals surface area contributed by atoms with Crippen LogP contribution in [0.4, 0.5) is 19.0 Å². The van der Waals surface area contributed by atoms with Crippen LogP contribution in [-0.4, -0.2) is 63.2 Å². The Morgan fingerprint density at radius 3 is 2.48 bits per heavy atom. The van der Waals surface area contributed by atoms with Gasteiger partial charge >= 0.3 is 6.61 Å². The predicted molar refractivity (Wildman–Crippen MR) is 171 cm³/mol. The molecule has 15 heteroatoms. The number of benzene rings is 2. The van der Waals surface area contributed by atoms with Crippen molar-refractivity contribution in [2.24, 2.45) is 0 Å². The van der Waals surface area contributed by atoms with E-state index in [-0.39, 0.29) is 45.6 Å². The van der Waals surface area contributed by atoms with Crippen LogP contribution < -0.4 is 15.2 Å². The van der Waals surface area contributed by atoms with Crippen LogP contribution in [0.5, 0.6) is 17.4 Å². The molecule has 2 aliphatic rings. The number of aryl methyl sites for hydroxylation is 1. The number of alkyl halides is 2. The summed E-state index contributed by atoms with van der Waals surface area (Å²) in [6.45, 7) is -0.717. The summed E-state index contributed by atoms with van der Waals surface area (Å²) in [7, 11) is -3.33. The number of carbonyl (C=O) groups is 1. The molecule has 1 saturated carbocycles. The van der Waals surface area contributed by atoms with Gasteiger partial charge in [0.25, 0.3) is 0 Å². The Kier molecular flexibility index (Phi) is 8.11. The normalized spacial score (nSPS) is 16.1. The van der Waals surface area contributed by atoms with E-state index in [1.807, 2.05) is 0 Å². The van der Waals surface area contributed by atoms with Crippen molar-refractivity contribution in [3.63, 3.8) is 0 Å². The van der Waals surface area contributed by atoms with E-state index in [1.54, 1.807) is 31.2 Å². The molecule has 48 heavy (non-hydrogen) atoms. The van der Waals surface area contributed by atoms with E-state index in [0.29, 0.717) is 66.5 Å². The van der Waals surface area contributed by atoms with Gasteiger partial charge in [-0.05, 0) is 80.0 Å². The average Bonchev–Trinajstić information content (AvgIpc) is 3.75. The number of nitrogen functional groups attached to an aromatic ring is 1. The van der Waals surface area contributed by atoms with Crippen molar-refractivity contribution in [3.8, 4) is 23.1 Å². The Morgan fingerprint density at radius 1 is 1.04 bits per heavy atom. The Hall–Kier alpha value is -4.89. The fourth-order valence-electron chi connectivity index (χ4n) is 6.12. The van der Waals surface area contributed by atoms with Crippen molar-refractivity contribution in [3.05, 3.63) is 89.1 Å². The number of fused-ring (bicyclic) bond motifs is 1. The van der Waals surface area contributed by atoms with Gasteiger partial charge in [-0.15, -0.1) is 0 Å². The number of sulfonamides is 1. The number of rotatable bonds is 10. The first-order chi connectivity index (χ1) is 23.0. The number of carbonyl (C=O) groups excluding carboxylic acids is 1. The smallest absolute Gasteiger partial charge is 0.387 e. The van der Waals surface area contributed by atoms with Gasteiger partial charge in [-0.2, -0.15) is 13.9 Å². The first-order valence-electron chi connectivity index (χ1n) is 15.4. The quantitative estimate of drug-likeness (QED) is 0.169. The maximum Gasteiger partial charge on any atom is 0.387 e. The molecule has 7 rings (SSSR count). The second kappa shape index (κ2) is 12.3. The molecule has 1 aliphatic carbocycles. The van der Waals surface area contributed by atoms with Crippen LogP contribution in [0.3, 0.4) is 0 Å².